The lowest BCUT2D eigenvalue weighted by Crippen LogP contribution is -2.34. The molecule has 184 valence electrons. The molecule has 1 aliphatic rings. The quantitative estimate of drug-likeness (QED) is 0.377. The standard InChI is InChI=1S/C25H24ClFN2O5S/c1-4-11-34-25(32)18-8-6-5-7-17(18)24(31)29(14-16-13-28-10-9-15(16)2)22-21(26)19(35-23(22)27)12-20(30)33-3/h1,9-10,13H,5-8,11-12,14H2,2-3H3. The first kappa shape index (κ1) is 26.4. The Balaban J connectivity index is 2.11. The maximum atomic E-state index is 15.3. The number of anilines is 1. The van der Waals surface area contributed by atoms with Crippen molar-refractivity contribution >= 4 is 46.5 Å². The average Bonchev–Trinajstić information content (AvgIpc) is 3.13. The van der Waals surface area contributed by atoms with E-state index in [0.29, 0.717) is 42.6 Å². The molecule has 3 rings (SSSR count). The monoisotopic (exact) mass is 518 g/mol. The molecule has 2 aromatic rings. The van der Waals surface area contributed by atoms with E-state index in [9.17, 15) is 14.4 Å². The van der Waals surface area contributed by atoms with Gasteiger partial charge in [0.05, 0.1) is 25.1 Å². The Labute approximate surface area is 211 Å². The first-order valence-electron chi connectivity index (χ1n) is 10.9. The lowest BCUT2D eigenvalue weighted by molar-refractivity contribution is -0.140. The molecule has 0 saturated heterocycles. The lowest BCUT2D eigenvalue weighted by Gasteiger charge is -2.27. The smallest absolute Gasteiger partial charge is 0.335 e. The fourth-order valence-corrected chi connectivity index (χ4v) is 5.10. The lowest BCUT2D eigenvalue weighted by atomic mass is 9.90. The van der Waals surface area contributed by atoms with Gasteiger partial charge in [-0.2, -0.15) is 4.39 Å². The number of hydrogen-bond donors (Lipinski definition) is 0. The molecule has 0 N–H and O–H groups in total. The number of terminal acetylenes is 1. The van der Waals surface area contributed by atoms with Crippen molar-refractivity contribution in [3.05, 3.63) is 55.8 Å². The number of amides is 1. The van der Waals surface area contributed by atoms with E-state index in [1.807, 2.05) is 6.92 Å². The zero-order valence-corrected chi connectivity index (χ0v) is 20.9. The second kappa shape index (κ2) is 12.0. The SMILES string of the molecule is C#CCOC(=O)C1=C(C(=O)N(Cc2cnccc2C)c2c(F)sc(CC(=O)OC)c2Cl)CCCC1. The number of esters is 2. The molecule has 2 aromatic heterocycles. The van der Waals surface area contributed by atoms with Gasteiger partial charge in [-0.3, -0.25) is 19.5 Å². The van der Waals surface area contributed by atoms with E-state index in [-0.39, 0.29) is 46.3 Å². The van der Waals surface area contributed by atoms with Gasteiger partial charge < -0.3 is 9.47 Å². The van der Waals surface area contributed by atoms with Crippen molar-refractivity contribution in [3.63, 3.8) is 0 Å². The minimum Gasteiger partial charge on any atom is -0.469 e. The fraction of sp³-hybridized carbons (Fsp3) is 0.360. The summed E-state index contributed by atoms with van der Waals surface area (Å²) in [6.07, 6.45) is 10.2. The topological polar surface area (TPSA) is 85.8 Å². The Morgan fingerprint density at radius 1 is 1.29 bits per heavy atom. The highest BCUT2D eigenvalue weighted by Gasteiger charge is 2.33. The largest absolute Gasteiger partial charge is 0.469 e. The summed E-state index contributed by atoms with van der Waals surface area (Å²) in [6.45, 7) is 1.58. The third kappa shape index (κ3) is 6.08. The molecule has 0 aliphatic heterocycles. The summed E-state index contributed by atoms with van der Waals surface area (Å²) in [7, 11) is 1.22. The summed E-state index contributed by atoms with van der Waals surface area (Å²) in [5.74, 6) is 0.421. The molecule has 0 fully saturated rings. The van der Waals surface area contributed by atoms with E-state index in [1.165, 1.54) is 12.0 Å². The van der Waals surface area contributed by atoms with E-state index < -0.39 is 23.0 Å². The van der Waals surface area contributed by atoms with Gasteiger partial charge in [-0.15, -0.1) is 17.8 Å². The predicted molar refractivity (Wildman–Crippen MR) is 130 cm³/mol. The van der Waals surface area contributed by atoms with Gasteiger partial charge in [0.2, 0.25) is 5.13 Å². The van der Waals surface area contributed by atoms with Crippen LogP contribution in [0, 0.1) is 24.4 Å². The van der Waals surface area contributed by atoms with Gasteiger partial charge in [-0.1, -0.05) is 17.5 Å². The van der Waals surface area contributed by atoms with Crippen LogP contribution in [0.1, 0.15) is 41.7 Å². The number of rotatable bonds is 8. The minimum atomic E-state index is -0.725. The van der Waals surface area contributed by atoms with E-state index >= 15 is 4.39 Å². The number of aryl methyl sites for hydroxylation is 1. The van der Waals surface area contributed by atoms with Crippen molar-refractivity contribution in [1.82, 2.24) is 4.98 Å². The summed E-state index contributed by atoms with van der Waals surface area (Å²) in [6, 6.07) is 1.77. The van der Waals surface area contributed by atoms with Crippen LogP contribution >= 0.6 is 22.9 Å². The highest BCUT2D eigenvalue weighted by atomic mass is 35.5. The summed E-state index contributed by atoms with van der Waals surface area (Å²) in [5.41, 5.74) is 1.82. The number of methoxy groups -OCH3 is 1. The molecule has 0 unspecified atom stereocenters. The van der Waals surface area contributed by atoms with Gasteiger partial charge >= 0.3 is 11.9 Å². The molecule has 35 heavy (non-hydrogen) atoms. The van der Waals surface area contributed by atoms with Crippen LogP contribution < -0.4 is 4.90 Å². The van der Waals surface area contributed by atoms with E-state index in [2.05, 4.69) is 15.6 Å². The second-order valence-electron chi connectivity index (χ2n) is 7.85. The number of aromatic nitrogens is 1. The third-order valence-electron chi connectivity index (χ3n) is 5.63. The molecular formula is C25H24ClFN2O5S. The maximum Gasteiger partial charge on any atom is 0.335 e. The molecular weight excluding hydrogens is 495 g/mol. The molecule has 1 aliphatic carbocycles. The average molecular weight is 519 g/mol. The molecule has 0 spiro atoms. The van der Waals surface area contributed by atoms with Crippen molar-refractivity contribution in [2.75, 3.05) is 18.6 Å². The first-order chi connectivity index (χ1) is 16.8. The highest BCUT2D eigenvalue weighted by Crippen LogP contribution is 2.41. The molecule has 0 radical (unpaired) electrons. The van der Waals surface area contributed by atoms with Crippen LogP contribution in [-0.2, 0) is 36.8 Å². The maximum absolute atomic E-state index is 15.3. The number of carbonyl (C=O) groups excluding carboxylic acids is 3. The third-order valence-corrected chi connectivity index (χ3v) is 7.12. The van der Waals surface area contributed by atoms with Gasteiger partial charge in [0.15, 0.2) is 6.61 Å². The van der Waals surface area contributed by atoms with Gasteiger partial charge in [0, 0.05) is 28.4 Å². The summed E-state index contributed by atoms with van der Waals surface area (Å²) < 4.78 is 25.0. The van der Waals surface area contributed by atoms with Crippen LogP contribution in [-0.4, -0.2) is 36.5 Å². The van der Waals surface area contributed by atoms with E-state index in [1.54, 1.807) is 18.5 Å². The van der Waals surface area contributed by atoms with Crippen LogP contribution in [0.4, 0.5) is 10.1 Å². The molecule has 0 bridgehead atoms. The molecule has 0 atom stereocenters. The van der Waals surface area contributed by atoms with Crippen LogP contribution in [0.5, 0.6) is 0 Å². The molecule has 2 heterocycles. The first-order valence-corrected chi connectivity index (χ1v) is 12.0. The number of thiophene rings is 1. The second-order valence-corrected chi connectivity index (χ2v) is 9.29. The Hall–Kier alpha value is -3.22. The van der Waals surface area contributed by atoms with Crippen LogP contribution in [0.2, 0.25) is 5.02 Å². The Kier molecular flexibility index (Phi) is 9.01. The molecule has 1 amide bonds. The predicted octanol–water partition coefficient (Wildman–Crippen LogP) is 4.54. The Morgan fingerprint density at radius 3 is 2.66 bits per heavy atom. The van der Waals surface area contributed by atoms with Crippen LogP contribution in [0.25, 0.3) is 0 Å². The van der Waals surface area contributed by atoms with E-state index in [0.717, 1.165) is 5.56 Å². The van der Waals surface area contributed by atoms with Gasteiger partial charge in [0.25, 0.3) is 5.91 Å². The zero-order chi connectivity index (χ0) is 25.5. The van der Waals surface area contributed by atoms with Gasteiger partial charge in [-0.25, -0.2) is 4.79 Å². The van der Waals surface area contributed by atoms with Crippen molar-refractivity contribution < 1.29 is 28.2 Å². The number of hydrogen-bond acceptors (Lipinski definition) is 7. The number of ether oxygens (including phenoxy) is 2. The molecule has 10 heteroatoms. The highest BCUT2D eigenvalue weighted by molar-refractivity contribution is 7.11. The zero-order valence-electron chi connectivity index (χ0n) is 19.4. The Morgan fingerprint density at radius 2 is 2.00 bits per heavy atom. The number of pyridine rings is 1. The van der Waals surface area contributed by atoms with Crippen molar-refractivity contribution in [1.29, 1.82) is 0 Å². The van der Waals surface area contributed by atoms with Gasteiger partial charge in [0.1, 0.15) is 5.69 Å². The summed E-state index contributed by atoms with van der Waals surface area (Å²) in [4.78, 5) is 43.8. The molecule has 7 nitrogen and oxygen atoms in total. The van der Waals surface area contributed by atoms with Gasteiger partial charge in [-0.05, 0) is 49.8 Å². The fourth-order valence-electron chi connectivity index (χ4n) is 3.77. The summed E-state index contributed by atoms with van der Waals surface area (Å²) >= 11 is 7.18. The molecule has 0 saturated carbocycles. The summed E-state index contributed by atoms with van der Waals surface area (Å²) in [5, 5.41) is -0.780. The van der Waals surface area contributed by atoms with E-state index in [4.69, 9.17) is 22.8 Å². The van der Waals surface area contributed by atoms with Crippen LogP contribution in [0.15, 0.2) is 29.6 Å². The number of carbonyl (C=O) groups is 3. The van der Waals surface area contributed by atoms with Crippen LogP contribution in [0.3, 0.4) is 0 Å². The minimum absolute atomic E-state index is 0.0419. The van der Waals surface area contributed by atoms with Crippen molar-refractivity contribution in [2.45, 2.75) is 45.6 Å². The van der Waals surface area contributed by atoms with Crippen molar-refractivity contribution in [3.8, 4) is 12.3 Å². The van der Waals surface area contributed by atoms with Crippen molar-refractivity contribution in [2.24, 2.45) is 0 Å². The molecule has 0 aromatic carbocycles. The Bertz CT molecular complexity index is 1220. The number of halogens is 2. The normalized spacial score (nSPS) is 13.2. The number of nitrogens with zero attached hydrogens (tertiary/aromatic N) is 2.